The number of nitriles is 1. The highest BCUT2D eigenvalue weighted by atomic mass is 16.5. The molecule has 4 aromatic carbocycles. The number of fused-ring (bicyclic) bond motifs is 4. The molecule has 1 aliphatic heterocycles. The summed E-state index contributed by atoms with van der Waals surface area (Å²) in [5.41, 5.74) is 1.99. The fraction of sp³-hybridized carbons (Fsp3) is 0.0645. The van der Waals surface area contributed by atoms with Crippen LogP contribution < -0.4 is 15.1 Å². The van der Waals surface area contributed by atoms with Crippen LogP contribution in [-0.2, 0) is 0 Å². The highest BCUT2D eigenvalue weighted by molar-refractivity contribution is 5.90. The van der Waals surface area contributed by atoms with Crippen molar-refractivity contribution in [2.45, 2.75) is 5.92 Å². The van der Waals surface area contributed by atoms with E-state index in [0.29, 0.717) is 16.7 Å². The fourth-order valence-electron chi connectivity index (χ4n) is 4.76. The third-order valence-corrected chi connectivity index (χ3v) is 6.51. The summed E-state index contributed by atoms with van der Waals surface area (Å²) in [6, 6.07) is 30.6. The smallest absolute Gasteiger partial charge is 0.344 e. The second-order valence-electron chi connectivity index (χ2n) is 8.59. The van der Waals surface area contributed by atoms with Crippen molar-refractivity contribution in [1.29, 1.82) is 5.26 Å². The Morgan fingerprint density at radius 2 is 1.65 bits per heavy atom. The van der Waals surface area contributed by atoms with Gasteiger partial charge in [-0.1, -0.05) is 54.6 Å². The van der Waals surface area contributed by atoms with Crippen LogP contribution in [0.25, 0.3) is 21.7 Å². The molecule has 6 rings (SSSR count). The number of hydrogen-bond acceptors (Lipinski definition) is 6. The van der Waals surface area contributed by atoms with E-state index < -0.39 is 11.5 Å². The number of rotatable bonds is 4. The highest BCUT2D eigenvalue weighted by Crippen LogP contribution is 2.46. The first-order valence-electron chi connectivity index (χ1n) is 11.7. The zero-order valence-corrected chi connectivity index (χ0v) is 19.8. The normalized spacial score (nSPS) is 15.0. The zero-order chi connectivity index (χ0) is 25.4. The molecule has 6 heteroatoms. The van der Waals surface area contributed by atoms with Crippen LogP contribution in [0.15, 0.2) is 117 Å². The Balaban J connectivity index is 1.62. The molecule has 0 fully saturated rings. The molecule has 0 saturated heterocycles. The van der Waals surface area contributed by atoms with Crippen molar-refractivity contribution >= 4 is 28.0 Å². The summed E-state index contributed by atoms with van der Waals surface area (Å²) in [6.07, 6.45) is 1.63. The molecular formula is C31H20N2O4. The molecule has 1 aliphatic rings. The van der Waals surface area contributed by atoms with E-state index in [-0.39, 0.29) is 17.0 Å². The van der Waals surface area contributed by atoms with Crippen LogP contribution in [0, 0.1) is 11.3 Å². The Kier molecular flexibility index (Phi) is 5.51. The number of nitrogens with zero attached hydrogens (tertiary/aromatic N) is 2. The zero-order valence-electron chi connectivity index (χ0n) is 19.8. The van der Waals surface area contributed by atoms with Crippen molar-refractivity contribution in [3.63, 3.8) is 0 Å². The second kappa shape index (κ2) is 9.14. The number of hydrogen-bond donors (Lipinski definition) is 0. The van der Waals surface area contributed by atoms with E-state index in [2.05, 4.69) is 11.1 Å². The molecule has 1 atom stereocenters. The maximum absolute atomic E-state index is 13.4. The lowest BCUT2D eigenvalue weighted by Crippen LogP contribution is -2.23. The monoisotopic (exact) mass is 484 g/mol. The van der Waals surface area contributed by atoms with Gasteiger partial charge < -0.3 is 13.9 Å². The molecule has 0 spiro atoms. The van der Waals surface area contributed by atoms with Crippen LogP contribution in [0.5, 0.6) is 11.5 Å². The van der Waals surface area contributed by atoms with Crippen LogP contribution in [0.4, 0.5) is 0 Å². The SMILES string of the molecule is COc1ccc(/C=N\C2=C(C#N)C(c3cccc4ccccc34)c3c(c4ccccc4oc3=O)O2)cc1. The Morgan fingerprint density at radius 3 is 2.43 bits per heavy atom. The standard InChI is InChI=1S/C31H20N2O4/c1-35-21-15-13-19(14-16-21)18-33-30-25(17-32)27(23-11-6-8-20-7-2-3-9-22(20)23)28-29(37-30)24-10-4-5-12-26(24)36-31(28)34/h2-16,18,27H,1H3/b33-18-. The van der Waals surface area contributed by atoms with Gasteiger partial charge in [-0.3, -0.25) is 0 Å². The van der Waals surface area contributed by atoms with E-state index in [1.165, 1.54) is 0 Å². The van der Waals surface area contributed by atoms with E-state index in [1.54, 1.807) is 25.5 Å². The molecule has 0 amide bonds. The molecule has 2 heterocycles. The molecule has 5 aromatic rings. The van der Waals surface area contributed by atoms with Gasteiger partial charge in [0.1, 0.15) is 23.0 Å². The average molecular weight is 485 g/mol. The van der Waals surface area contributed by atoms with Gasteiger partial charge in [-0.15, -0.1) is 0 Å². The molecule has 6 nitrogen and oxygen atoms in total. The number of para-hydroxylation sites is 1. The summed E-state index contributed by atoms with van der Waals surface area (Å²) in [5.74, 6) is 0.500. The Morgan fingerprint density at radius 1 is 0.919 bits per heavy atom. The van der Waals surface area contributed by atoms with Crippen molar-refractivity contribution in [3.8, 4) is 17.6 Å². The Hall–Kier alpha value is -5.15. The van der Waals surface area contributed by atoms with Crippen LogP contribution in [0.2, 0.25) is 0 Å². The van der Waals surface area contributed by atoms with Gasteiger partial charge >= 0.3 is 5.63 Å². The van der Waals surface area contributed by atoms with Crippen molar-refractivity contribution in [1.82, 2.24) is 0 Å². The molecule has 0 aliphatic carbocycles. The second-order valence-corrected chi connectivity index (χ2v) is 8.59. The van der Waals surface area contributed by atoms with E-state index in [1.807, 2.05) is 78.9 Å². The summed E-state index contributed by atoms with van der Waals surface area (Å²) in [4.78, 5) is 18.0. The topological polar surface area (TPSA) is 84.8 Å². The van der Waals surface area contributed by atoms with Gasteiger partial charge in [0.2, 0.25) is 5.88 Å². The van der Waals surface area contributed by atoms with Crippen molar-refractivity contribution in [2.24, 2.45) is 4.99 Å². The van der Waals surface area contributed by atoms with Gasteiger partial charge in [0.15, 0.2) is 5.75 Å². The van der Waals surface area contributed by atoms with Crippen molar-refractivity contribution in [2.75, 3.05) is 7.11 Å². The van der Waals surface area contributed by atoms with E-state index >= 15 is 0 Å². The maximum Gasteiger partial charge on any atom is 0.344 e. The van der Waals surface area contributed by atoms with Crippen molar-refractivity contribution < 1.29 is 13.9 Å². The largest absolute Gasteiger partial charge is 0.497 e. The fourth-order valence-corrected chi connectivity index (χ4v) is 4.76. The van der Waals surface area contributed by atoms with Crippen LogP contribution >= 0.6 is 0 Å². The summed E-state index contributed by atoms with van der Waals surface area (Å²) in [6.45, 7) is 0. The number of allylic oxidation sites excluding steroid dienone is 1. The quantitative estimate of drug-likeness (QED) is 0.220. The van der Waals surface area contributed by atoms with Gasteiger partial charge in [0.25, 0.3) is 0 Å². The molecule has 0 radical (unpaired) electrons. The molecule has 37 heavy (non-hydrogen) atoms. The lowest BCUT2D eigenvalue weighted by atomic mass is 9.81. The molecular weight excluding hydrogens is 464 g/mol. The van der Waals surface area contributed by atoms with Gasteiger partial charge in [-0.2, -0.15) is 5.26 Å². The number of benzene rings is 4. The summed E-state index contributed by atoms with van der Waals surface area (Å²) in [7, 11) is 1.61. The van der Waals surface area contributed by atoms with Gasteiger partial charge in [0, 0.05) is 6.21 Å². The predicted octanol–water partition coefficient (Wildman–Crippen LogP) is 6.33. The summed E-state index contributed by atoms with van der Waals surface area (Å²) < 4.78 is 17.1. The number of aliphatic imine (C=N–C) groups is 1. The first kappa shape index (κ1) is 22.3. The third-order valence-electron chi connectivity index (χ3n) is 6.51. The van der Waals surface area contributed by atoms with Gasteiger partial charge in [0.05, 0.1) is 24.0 Å². The molecule has 0 N–H and O–H groups in total. The highest BCUT2D eigenvalue weighted by Gasteiger charge is 2.37. The minimum atomic E-state index is -0.719. The lowest BCUT2D eigenvalue weighted by molar-refractivity contribution is 0.390. The molecule has 0 saturated carbocycles. The van der Waals surface area contributed by atoms with Gasteiger partial charge in [-0.05, 0) is 58.3 Å². The molecule has 0 bridgehead atoms. The minimum absolute atomic E-state index is 0.138. The lowest BCUT2D eigenvalue weighted by Gasteiger charge is -2.26. The minimum Gasteiger partial charge on any atom is -0.497 e. The summed E-state index contributed by atoms with van der Waals surface area (Å²) in [5, 5.41) is 12.9. The van der Waals surface area contributed by atoms with Gasteiger partial charge in [-0.25, -0.2) is 9.79 Å². The van der Waals surface area contributed by atoms with E-state index in [9.17, 15) is 10.1 Å². The molecule has 1 unspecified atom stereocenters. The van der Waals surface area contributed by atoms with E-state index in [4.69, 9.17) is 13.9 Å². The average Bonchev–Trinajstić information content (AvgIpc) is 2.95. The first-order valence-corrected chi connectivity index (χ1v) is 11.7. The third kappa shape index (κ3) is 3.83. The predicted molar refractivity (Wildman–Crippen MR) is 142 cm³/mol. The van der Waals surface area contributed by atoms with E-state index in [0.717, 1.165) is 27.6 Å². The molecule has 1 aromatic heterocycles. The van der Waals surface area contributed by atoms with Crippen LogP contribution in [-0.4, -0.2) is 13.3 Å². The number of methoxy groups -OCH3 is 1. The number of ether oxygens (including phenoxy) is 2. The van der Waals surface area contributed by atoms with Crippen LogP contribution in [0.3, 0.4) is 0 Å². The molecule has 178 valence electrons. The first-order chi connectivity index (χ1) is 18.2. The maximum atomic E-state index is 13.4. The Bertz CT molecular complexity index is 1820. The van der Waals surface area contributed by atoms with Crippen molar-refractivity contribution in [3.05, 3.63) is 130 Å². The summed E-state index contributed by atoms with van der Waals surface area (Å²) >= 11 is 0. The van der Waals surface area contributed by atoms with Crippen LogP contribution in [0.1, 0.15) is 22.6 Å². The Labute approximate surface area is 212 Å².